The van der Waals surface area contributed by atoms with Crippen molar-refractivity contribution in [1.82, 2.24) is 40.4 Å². The second-order valence-electron chi connectivity index (χ2n) is 9.53. The molecular formula is C28H27Cl2N9O5. The SMILES string of the molecule is COC(=O)Nc1ccc(-c2nc([C@H](CC(=O)N3CCOCC3)NC(=O)/C=C/c3cc(Cl)ccc3-n3cnnn3)[nH]c2Cl)cc1. The summed E-state index contributed by atoms with van der Waals surface area (Å²) < 4.78 is 11.4. The van der Waals surface area contributed by atoms with Crippen molar-refractivity contribution in [3.8, 4) is 16.9 Å². The minimum Gasteiger partial charge on any atom is -0.453 e. The predicted octanol–water partition coefficient (Wildman–Crippen LogP) is 3.66. The second-order valence-corrected chi connectivity index (χ2v) is 10.3. The van der Waals surface area contributed by atoms with E-state index in [0.29, 0.717) is 65.3 Å². The van der Waals surface area contributed by atoms with Crippen LogP contribution in [0.25, 0.3) is 23.0 Å². The van der Waals surface area contributed by atoms with Crippen LogP contribution in [0.5, 0.6) is 0 Å². The van der Waals surface area contributed by atoms with Crippen molar-refractivity contribution in [1.29, 1.82) is 0 Å². The lowest BCUT2D eigenvalue weighted by molar-refractivity contribution is -0.136. The minimum absolute atomic E-state index is 0.0715. The first kappa shape index (κ1) is 30.7. The van der Waals surface area contributed by atoms with Gasteiger partial charge in [-0.2, -0.15) is 4.68 Å². The fraction of sp³-hybridized carbons (Fsp3) is 0.250. The number of imidazole rings is 1. The number of anilines is 1. The number of benzene rings is 2. The number of halogens is 2. The second kappa shape index (κ2) is 14.1. The predicted molar refractivity (Wildman–Crippen MR) is 161 cm³/mol. The Morgan fingerprint density at radius 1 is 1.14 bits per heavy atom. The van der Waals surface area contributed by atoms with Crippen LogP contribution in [0.1, 0.15) is 23.9 Å². The Balaban J connectivity index is 1.38. The molecule has 1 atom stereocenters. The molecule has 2 aromatic carbocycles. The summed E-state index contributed by atoms with van der Waals surface area (Å²) in [6, 6.07) is 11.0. The standard InChI is InChI=1S/C28H27Cl2N9O5/c1-43-28(42)32-20-6-2-17(3-7-20)25-26(30)35-27(34-25)21(15-24(41)38-10-12-44-13-11-38)33-23(40)9-4-18-14-19(29)5-8-22(18)39-16-31-36-37-39/h2-9,14,16,21H,10-13,15H2,1H3,(H,32,42)(H,33,40)(H,34,35)/b9-4+/t21-/m0/s1. The first-order valence-corrected chi connectivity index (χ1v) is 14.1. The van der Waals surface area contributed by atoms with E-state index >= 15 is 0 Å². The molecule has 1 saturated heterocycles. The topological polar surface area (TPSA) is 169 Å². The first-order chi connectivity index (χ1) is 21.3. The number of aromatic amines is 1. The van der Waals surface area contributed by atoms with Gasteiger partial charge < -0.3 is 24.7 Å². The molecule has 1 aliphatic rings. The maximum absolute atomic E-state index is 13.2. The van der Waals surface area contributed by atoms with E-state index in [1.807, 2.05) is 0 Å². The third-order valence-corrected chi connectivity index (χ3v) is 7.17. The summed E-state index contributed by atoms with van der Waals surface area (Å²) >= 11 is 12.7. The van der Waals surface area contributed by atoms with Crippen molar-refractivity contribution in [3.63, 3.8) is 0 Å². The normalized spacial score (nSPS) is 13.9. The van der Waals surface area contributed by atoms with Crippen LogP contribution in [0, 0.1) is 0 Å². The van der Waals surface area contributed by atoms with Crippen molar-refractivity contribution in [2.24, 2.45) is 0 Å². The number of amides is 3. The zero-order chi connectivity index (χ0) is 31.1. The molecule has 2 aromatic heterocycles. The lowest BCUT2D eigenvalue weighted by Crippen LogP contribution is -2.42. The Morgan fingerprint density at radius 3 is 2.61 bits per heavy atom. The number of tetrazole rings is 1. The van der Waals surface area contributed by atoms with Gasteiger partial charge in [0.15, 0.2) is 0 Å². The number of carbonyl (C=O) groups is 3. The van der Waals surface area contributed by atoms with Crippen LogP contribution in [0.15, 0.2) is 54.9 Å². The molecule has 16 heteroatoms. The molecule has 3 N–H and O–H groups in total. The number of H-pyrrole nitrogens is 1. The largest absolute Gasteiger partial charge is 0.453 e. The number of methoxy groups -OCH3 is 1. The molecule has 3 amide bonds. The molecule has 0 spiro atoms. The number of nitrogens with one attached hydrogen (secondary N) is 3. The molecule has 3 heterocycles. The maximum atomic E-state index is 13.2. The quantitative estimate of drug-likeness (QED) is 0.231. The van der Waals surface area contributed by atoms with Gasteiger partial charge in [0.25, 0.3) is 0 Å². The van der Waals surface area contributed by atoms with E-state index in [4.69, 9.17) is 27.9 Å². The van der Waals surface area contributed by atoms with E-state index in [0.717, 1.165) is 0 Å². The zero-order valence-corrected chi connectivity index (χ0v) is 24.9. The monoisotopic (exact) mass is 639 g/mol. The molecule has 1 fully saturated rings. The van der Waals surface area contributed by atoms with Gasteiger partial charge in [0.05, 0.1) is 38.5 Å². The van der Waals surface area contributed by atoms with Gasteiger partial charge in [0.1, 0.15) is 23.0 Å². The lowest BCUT2D eigenvalue weighted by Gasteiger charge is -2.28. The van der Waals surface area contributed by atoms with Crippen LogP contribution < -0.4 is 10.6 Å². The average molecular weight is 640 g/mol. The summed E-state index contributed by atoms with van der Waals surface area (Å²) in [7, 11) is 1.27. The van der Waals surface area contributed by atoms with Gasteiger partial charge in [-0.3, -0.25) is 14.9 Å². The molecule has 44 heavy (non-hydrogen) atoms. The van der Waals surface area contributed by atoms with Gasteiger partial charge in [-0.05, 0) is 46.8 Å². The molecule has 0 radical (unpaired) electrons. The third-order valence-electron chi connectivity index (χ3n) is 6.66. The average Bonchev–Trinajstić information content (AvgIpc) is 3.71. The van der Waals surface area contributed by atoms with E-state index in [-0.39, 0.29) is 17.5 Å². The Kier molecular flexibility index (Phi) is 9.84. The van der Waals surface area contributed by atoms with Crippen LogP contribution in [0.2, 0.25) is 10.2 Å². The lowest BCUT2D eigenvalue weighted by atomic mass is 10.1. The summed E-state index contributed by atoms with van der Waals surface area (Å²) in [6.07, 6.45) is 3.65. The maximum Gasteiger partial charge on any atom is 0.411 e. The summed E-state index contributed by atoms with van der Waals surface area (Å²) in [6.45, 7) is 1.77. The number of hydrogen-bond donors (Lipinski definition) is 3. The number of aromatic nitrogens is 6. The minimum atomic E-state index is -0.840. The van der Waals surface area contributed by atoms with E-state index in [1.165, 1.54) is 24.2 Å². The van der Waals surface area contributed by atoms with Gasteiger partial charge in [-0.25, -0.2) is 9.78 Å². The number of nitrogens with zero attached hydrogens (tertiary/aromatic N) is 6. The number of ether oxygens (including phenoxy) is 2. The van der Waals surface area contributed by atoms with Crippen LogP contribution in [0.4, 0.5) is 10.5 Å². The van der Waals surface area contributed by atoms with Gasteiger partial charge in [-0.15, -0.1) is 5.10 Å². The van der Waals surface area contributed by atoms with Gasteiger partial charge in [0, 0.05) is 41.0 Å². The van der Waals surface area contributed by atoms with Crippen LogP contribution in [-0.2, 0) is 19.1 Å². The number of rotatable bonds is 9. The highest BCUT2D eigenvalue weighted by atomic mass is 35.5. The summed E-state index contributed by atoms with van der Waals surface area (Å²) in [5.74, 6) is -0.368. The molecule has 228 valence electrons. The molecule has 0 aliphatic carbocycles. The Labute approximate surface area is 261 Å². The van der Waals surface area contributed by atoms with Crippen molar-refractivity contribution < 1.29 is 23.9 Å². The summed E-state index contributed by atoms with van der Waals surface area (Å²) in [5, 5.41) is 17.3. The fourth-order valence-corrected chi connectivity index (χ4v) is 4.89. The van der Waals surface area contributed by atoms with Crippen LogP contribution >= 0.6 is 23.2 Å². The van der Waals surface area contributed by atoms with E-state index in [2.05, 4.69) is 40.9 Å². The smallest absolute Gasteiger partial charge is 0.411 e. The number of carbonyl (C=O) groups excluding carboxylic acids is 3. The molecule has 1 aliphatic heterocycles. The molecule has 5 rings (SSSR count). The highest BCUT2D eigenvalue weighted by Crippen LogP contribution is 2.30. The van der Waals surface area contributed by atoms with E-state index in [9.17, 15) is 14.4 Å². The number of morpholine rings is 1. The third kappa shape index (κ3) is 7.58. The molecule has 0 saturated carbocycles. The van der Waals surface area contributed by atoms with E-state index < -0.39 is 18.0 Å². The highest BCUT2D eigenvalue weighted by Gasteiger charge is 2.26. The van der Waals surface area contributed by atoms with Gasteiger partial charge >= 0.3 is 6.09 Å². The molecule has 4 aromatic rings. The van der Waals surface area contributed by atoms with Crippen molar-refractivity contribution in [2.75, 3.05) is 38.7 Å². The fourth-order valence-electron chi connectivity index (χ4n) is 4.46. The molecule has 0 unspecified atom stereocenters. The Hall–Kier alpha value is -4.79. The van der Waals surface area contributed by atoms with Crippen LogP contribution in [-0.4, -0.2) is 86.4 Å². The van der Waals surface area contributed by atoms with Crippen molar-refractivity contribution >= 4 is 52.9 Å². The molecular weight excluding hydrogens is 613 g/mol. The first-order valence-electron chi connectivity index (χ1n) is 13.4. The van der Waals surface area contributed by atoms with Gasteiger partial charge in [-0.1, -0.05) is 35.3 Å². The van der Waals surface area contributed by atoms with E-state index in [1.54, 1.807) is 53.4 Å². The summed E-state index contributed by atoms with van der Waals surface area (Å²) in [5.41, 5.74) is 2.77. The summed E-state index contributed by atoms with van der Waals surface area (Å²) in [4.78, 5) is 47.3. The molecule has 0 bridgehead atoms. The van der Waals surface area contributed by atoms with Crippen molar-refractivity contribution in [2.45, 2.75) is 12.5 Å². The Morgan fingerprint density at radius 2 is 1.91 bits per heavy atom. The van der Waals surface area contributed by atoms with Gasteiger partial charge in [0.2, 0.25) is 11.8 Å². The number of hydrogen-bond acceptors (Lipinski definition) is 9. The van der Waals surface area contributed by atoms with Crippen molar-refractivity contribution in [3.05, 3.63) is 76.4 Å². The highest BCUT2D eigenvalue weighted by molar-refractivity contribution is 6.32. The zero-order valence-electron chi connectivity index (χ0n) is 23.4. The van der Waals surface area contributed by atoms with Crippen LogP contribution in [0.3, 0.4) is 0 Å². The Bertz CT molecular complexity index is 1650. The molecule has 14 nitrogen and oxygen atoms in total.